The van der Waals surface area contributed by atoms with Crippen molar-refractivity contribution in [1.82, 2.24) is 5.32 Å². The minimum Gasteiger partial charge on any atom is -0.478 e. The highest BCUT2D eigenvalue weighted by atomic mass is 19.4. The number of halogens is 3. The fraction of sp³-hybridized carbons (Fsp3) is 0.556. The quantitative estimate of drug-likeness (QED) is 0.545. The third-order valence-corrected chi connectivity index (χ3v) is 1.56. The zero-order chi connectivity index (χ0) is 12.6. The second-order valence-electron chi connectivity index (χ2n) is 3.03. The van der Waals surface area contributed by atoms with Gasteiger partial charge >= 0.3 is 12.1 Å². The van der Waals surface area contributed by atoms with E-state index in [-0.39, 0.29) is 19.4 Å². The molecule has 0 atom stereocenters. The highest BCUT2D eigenvalue weighted by molar-refractivity contribution is 5.93. The van der Waals surface area contributed by atoms with E-state index >= 15 is 0 Å². The molecule has 0 saturated carbocycles. The number of hydrogen-bond donors (Lipinski definition) is 2. The largest absolute Gasteiger partial charge is 0.478 e. The van der Waals surface area contributed by atoms with E-state index in [9.17, 15) is 22.8 Å². The van der Waals surface area contributed by atoms with Crippen molar-refractivity contribution in [2.75, 3.05) is 6.54 Å². The minimum atomic E-state index is -4.17. The lowest BCUT2D eigenvalue weighted by Crippen LogP contribution is -2.22. The van der Waals surface area contributed by atoms with Crippen molar-refractivity contribution in [3.63, 3.8) is 0 Å². The molecule has 0 radical (unpaired) electrons. The monoisotopic (exact) mass is 239 g/mol. The maximum Gasteiger partial charge on any atom is 0.389 e. The summed E-state index contributed by atoms with van der Waals surface area (Å²) in [6, 6.07) is 0. The second kappa shape index (κ2) is 6.86. The van der Waals surface area contributed by atoms with Gasteiger partial charge in [0.2, 0.25) is 5.91 Å². The van der Waals surface area contributed by atoms with Crippen molar-refractivity contribution >= 4 is 11.9 Å². The summed E-state index contributed by atoms with van der Waals surface area (Å²) in [5.74, 6) is -1.89. The molecule has 0 saturated heterocycles. The lowest BCUT2D eigenvalue weighted by atomic mass is 10.2. The molecule has 0 aromatic carbocycles. The van der Waals surface area contributed by atoms with Crippen molar-refractivity contribution < 1.29 is 27.9 Å². The number of unbranched alkanes of at least 4 members (excludes halogenated alkanes) is 1. The van der Waals surface area contributed by atoms with Crippen LogP contribution in [0.3, 0.4) is 0 Å². The molecule has 2 N–H and O–H groups in total. The number of carbonyl (C=O) groups excluding carboxylic acids is 1. The number of carboxylic acids is 1. The summed E-state index contributed by atoms with van der Waals surface area (Å²) >= 11 is 0. The van der Waals surface area contributed by atoms with Gasteiger partial charge in [-0.05, 0) is 12.8 Å². The molecule has 0 unspecified atom stereocenters. The van der Waals surface area contributed by atoms with Crippen LogP contribution in [0.5, 0.6) is 0 Å². The van der Waals surface area contributed by atoms with Crippen LogP contribution in [-0.2, 0) is 9.59 Å². The molecular weight excluding hydrogens is 227 g/mol. The van der Waals surface area contributed by atoms with Gasteiger partial charge in [-0.2, -0.15) is 13.2 Å². The Balaban J connectivity index is 3.53. The molecule has 0 bridgehead atoms. The van der Waals surface area contributed by atoms with Crippen LogP contribution in [0.25, 0.3) is 0 Å². The number of aliphatic carboxylic acids is 1. The Kier molecular flexibility index (Phi) is 6.21. The Labute approximate surface area is 90.1 Å². The van der Waals surface area contributed by atoms with E-state index in [1.807, 2.05) is 0 Å². The van der Waals surface area contributed by atoms with Gasteiger partial charge in [0.15, 0.2) is 0 Å². The van der Waals surface area contributed by atoms with Crippen molar-refractivity contribution in [1.29, 1.82) is 0 Å². The van der Waals surface area contributed by atoms with Crippen LogP contribution in [0.2, 0.25) is 0 Å². The first-order chi connectivity index (χ1) is 7.31. The van der Waals surface area contributed by atoms with Crippen LogP contribution in [0, 0.1) is 0 Å². The summed E-state index contributed by atoms with van der Waals surface area (Å²) in [4.78, 5) is 20.8. The molecular formula is C9H12F3NO3. The topological polar surface area (TPSA) is 66.4 Å². The van der Waals surface area contributed by atoms with Gasteiger partial charge in [-0.3, -0.25) is 4.79 Å². The highest BCUT2D eigenvalue weighted by Crippen LogP contribution is 2.21. The Bertz CT molecular complexity index is 274. The van der Waals surface area contributed by atoms with Gasteiger partial charge < -0.3 is 10.4 Å². The van der Waals surface area contributed by atoms with Gasteiger partial charge in [-0.1, -0.05) is 0 Å². The van der Waals surface area contributed by atoms with E-state index in [0.29, 0.717) is 6.08 Å². The maximum atomic E-state index is 11.7. The van der Waals surface area contributed by atoms with Crippen LogP contribution in [0.4, 0.5) is 13.2 Å². The maximum absolute atomic E-state index is 11.7. The molecule has 4 nitrogen and oxygen atoms in total. The summed E-state index contributed by atoms with van der Waals surface area (Å²) in [6.45, 7) is 0.0961. The summed E-state index contributed by atoms with van der Waals surface area (Å²) in [5.41, 5.74) is 0. The summed E-state index contributed by atoms with van der Waals surface area (Å²) < 4.78 is 35.1. The van der Waals surface area contributed by atoms with Gasteiger partial charge in [0.05, 0.1) is 0 Å². The number of rotatable bonds is 6. The van der Waals surface area contributed by atoms with Crippen LogP contribution < -0.4 is 5.32 Å². The molecule has 0 aromatic heterocycles. The molecule has 0 rings (SSSR count). The van der Waals surface area contributed by atoms with Crippen molar-refractivity contribution in [2.24, 2.45) is 0 Å². The molecule has 16 heavy (non-hydrogen) atoms. The number of amides is 1. The molecule has 0 heterocycles. The number of carbonyl (C=O) groups is 2. The third kappa shape index (κ3) is 10.6. The average molecular weight is 239 g/mol. The van der Waals surface area contributed by atoms with Crippen molar-refractivity contribution in [3.8, 4) is 0 Å². The first-order valence-corrected chi connectivity index (χ1v) is 4.57. The molecule has 7 heteroatoms. The van der Waals surface area contributed by atoms with E-state index < -0.39 is 24.5 Å². The molecule has 0 aliphatic rings. The Morgan fingerprint density at radius 2 is 1.81 bits per heavy atom. The van der Waals surface area contributed by atoms with Crippen molar-refractivity contribution in [3.05, 3.63) is 12.2 Å². The number of nitrogens with one attached hydrogen (secondary N) is 1. The first kappa shape index (κ1) is 14.5. The van der Waals surface area contributed by atoms with E-state index in [2.05, 4.69) is 5.32 Å². The first-order valence-electron chi connectivity index (χ1n) is 4.57. The second-order valence-corrected chi connectivity index (χ2v) is 3.03. The fourth-order valence-corrected chi connectivity index (χ4v) is 0.868. The van der Waals surface area contributed by atoms with E-state index in [1.165, 1.54) is 0 Å². The van der Waals surface area contributed by atoms with Gasteiger partial charge in [0, 0.05) is 25.1 Å². The fourth-order valence-electron chi connectivity index (χ4n) is 0.868. The zero-order valence-electron chi connectivity index (χ0n) is 8.38. The smallest absolute Gasteiger partial charge is 0.389 e. The van der Waals surface area contributed by atoms with Gasteiger partial charge in [0.1, 0.15) is 0 Å². The Hall–Kier alpha value is -1.53. The van der Waals surface area contributed by atoms with Crippen LogP contribution in [0.1, 0.15) is 19.3 Å². The minimum absolute atomic E-state index is 0.0631. The van der Waals surface area contributed by atoms with E-state index in [1.54, 1.807) is 0 Å². The molecule has 0 aliphatic carbocycles. The van der Waals surface area contributed by atoms with Crippen LogP contribution in [-0.4, -0.2) is 29.7 Å². The van der Waals surface area contributed by atoms with Gasteiger partial charge in [0.25, 0.3) is 0 Å². The highest BCUT2D eigenvalue weighted by Gasteiger charge is 2.25. The summed E-state index contributed by atoms with van der Waals surface area (Å²) in [5, 5.41) is 10.4. The Morgan fingerprint density at radius 1 is 1.19 bits per heavy atom. The van der Waals surface area contributed by atoms with Crippen LogP contribution >= 0.6 is 0 Å². The molecule has 0 aromatic rings. The molecule has 0 spiro atoms. The predicted molar refractivity (Wildman–Crippen MR) is 49.7 cm³/mol. The lowest BCUT2D eigenvalue weighted by Gasteiger charge is -2.05. The number of carboxylic acid groups (broad SMARTS) is 1. The van der Waals surface area contributed by atoms with E-state index in [4.69, 9.17) is 5.11 Å². The van der Waals surface area contributed by atoms with Crippen molar-refractivity contribution in [2.45, 2.75) is 25.4 Å². The third-order valence-electron chi connectivity index (χ3n) is 1.56. The van der Waals surface area contributed by atoms with Crippen LogP contribution in [0.15, 0.2) is 12.2 Å². The normalized spacial score (nSPS) is 11.7. The van der Waals surface area contributed by atoms with Gasteiger partial charge in [-0.25, -0.2) is 4.79 Å². The Morgan fingerprint density at radius 3 is 2.31 bits per heavy atom. The lowest BCUT2D eigenvalue weighted by molar-refractivity contribution is -0.135. The summed E-state index contributed by atoms with van der Waals surface area (Å²) in [7, 11) is 0. The standard InChI is InChI=1S/C9H12F3NO3/c10-9(11,12)5-1-2-6-13-7(14)3-4-8(15)16/h3-4H,1-2,5-6H2,(H,13,14)(H,15,16)/b4-3+. The SMILES string of the molecule is O=C(O)/C=C/C(=O)NCCCCC(F)(F)F. The zero-order valence-corrected chi connectivity index (χ0v) is 8.38. The molecule has 1 amide bonds. The summed E-state index contributed by atoms with van der Waals surface area (Å²) in [6.07, 6.45) is -3.45. The molecule has 0 fully saturated rings. The molecule has 92 valence electrons. The van der Waals surface area contributed by atoms with E-state index in [0.717, 1.165) is 6.08 Å². The number of alkyl halides is 3. The average Bonchev–Trinajstić information content (AvgIpc) is 2.12. The predicted octanol–water partition coefficient (Wildman–Crippen LogP) is 1.48. The van der Waals surface area contributed by atoms with Gasteiger partial charge in [-0.15, -0.1) is 0 Å². The molecule has 0 aliphatic heterocycles. The number of hydrogen-bond acceptors (Lipinski definition) is 2.